The normalized spacial score (nSPS) is 21.5. The van der Waals surface area contributed by atoms with Gasteiger partial charge in [-0.15, -0.1) is 0 Å². The Morgan fingerprint density at radius 1 is 1.47 bits per heavy atom. The summed E-state index contributed by atoms with van der Waals surface area (Å²) in [7, 11) is 0. The lowest BCUT2D eigenvalue weighted by Crippen LogP contribution is -2.30. The van der Waals surface area contributed by atoms with Gasteiger partial charge in [-0.3, -0.25) is 4.79 Å². The number of aliphatic hydroxyl groups is 1. The zero-order valence-corrected chi connectivity index (χ0v) is 10.2. The molecule has 1 aliphatic heterocycles. The Bertz CT molecular complexity index is 377. The number of β-amino-alcohol motifs (C(OH)–C–C–N with tert-alkyl or cyclic N) is 1. The number of carbonyl (C=O) groups excluding carboxylic acids is 1. The second kappa shape index (κ2) is 5.32. The highest BCUT2D eigenvalue weighted by atomic mass is 16.3. The molecule has 2 rings (SSSR count). The van der Waals surface area contributed by atoms with Crippen molar-refractivity contribution in [2.45, 2.75) is 31.8 Å². The Balaban J connectivity index is 1.91. The van der Waals surface area contributed by atoms with E-state index < -0.39 is 0 Å². The lowest BCUT2D eigenvalue weighted by atomic mass is 9.97. The fraction of sp³-hybridized carbons (Fsp3) is 0.500. The van der Waals surface area contributed by atoms with Crippen LogP contribution in [0, 0.1) is 0 Å². The van der Waals surface area contributed by atoms with Crippen molar-refractivity contribution in [2.24, 2.45) is 0 Å². The first kappa shape index (κ1) is 12.1. The molecule has 17 heavy (non-hydrogen) atoms. The number of carbonyl (C=O) groups is 1. The minimum absolute atomic E-state index is 0.151. The van der Waals surface area contributed by atoms with Crippen LogP contribution in [0.15, 0.2) is 30.3 Å². The SMILES string of the molecule is C[C@H](CC(=O)N1CC[C@H](O)C1)c1ccccc1. The van der Waals surface area contributed by atoms with Gasteiger partial charge in [0, 0.05) is 19.5 Å². The third-order valence-corrected chi connectivity index (χ3v) is 3.37. The molecule has 0 radical (unpaired) electrons. The van der Waals surface area contributed by atoms with Crippen molar-refractivity contribution < 1.29 is 9.90 Å². The third kappa shape index (κ3) is 3.07. The molecule has 3 heteroatoms. The number of likely N-dealkylation sites (tertiary alicyclic amines) is 1. The van der Waals surface area contributed by atoms with Gasteiger partial charge in [0.15, 0.2) is 0 Å². The van der Waals surface area contributed by atoms with Crippen LogP contribution < -0.4 is 0 Å². The van der Waals surface area contributed by atoms with Gasteiger partial charge in [-0.25, -0.2) is 0 Å². The molecule has 0 saturated carbocycles. The average molecular weight is 233 g/mol. The summed E-state index contributed by atoms with van der Waals surface area (Å²) in [4.78, 5) is 13.8. The topological polar surface area (TPSA) is 40.5 Å². The molecule has 0 bridgehead atoms. The van der Waals surface area contributed by atoms with E-state index in [1.165, 1.54) is 5.56 Å². The first-order valence-corrected chi connectivity index (χ1v) is 6.17. The van der Waals surface area contributed by atoms with E-state index in [0.29, 0.717) is 25.9 Å². The molecule has 92 valence electrons. The molecule has 1 N–H and O–H groups in total. The molecule has 0 aromatic heterocycles. The Morgan fingerprint density at radius 2 is 2.18 bits per heavy atom. The van der Waals surface area contributed by atoms with E-state index in [4.69, 9.17) is 0 Å². The number of hydrogen-bond donors (Lipinski definition) is 1. The van der Waals surface area contributed by atoms with Gasteiger partial charge in [-0.05, 0) is 17.9 Å². The van der Waals surface area contributed by atoms with E-state index in [0.717, 1.165) is 0 Å². The highest BCUT2D eigenvalue weighted by Crippen LogP contribution is 2.21. The van der Waals surface area contributed by atoms with Gasteiger partial charge < -0.3 is 10.0 Å². The van der Waals surface area contributed by atoms with Crippen LogP contribution in [0.25, 0.3) is 0 Å². The van der Waals surface area contributed by atoms with Gasteiger partial charge >= 0.3 is 0 Å². The molecule has 0 spiro atoms. The molecule has 1 saturated heterocycles. The highest BCUT2D eigenvalue weighted by Gasteiger charge is 2.25. The number of rotatable bonds is 3. The molecule has 1 aromatic rings. The molecule has 0 unspecified atom stereocenters. The van der Waals surface area contributed by atoms with E-state index in [9.17, 15) is 9.90 Å². The molecular weight excluding hydrogens is 214 g/mol. The van der Waals surface area contributed by atoms with Crippen molar-refractivity contribution in [1.82, 2.24) is 4.90 Å². The van der Waals surface area contributed by atoms with Gasteiger partial charge in [0.05, 0.1) is 6.10 Å². The predicted molar refractivity (Wildman–Crippen MR) is 66.7 cm³/mol. The maximum atomic E-state index is 12.0. The number of amides is 1. The largest absolute Gasteiger partial charge is 0.391 e. The molecular formula is C14H19NO2. The van der Waals surface area contributed by atoms with Crippen molar-refractivity contribution in [2.75, 3.05) is 13.1 Å². The lowest BCUT2D eigenvalue weighted by molar-refractivity contribution is -0.130. The van der Waals surface area contributed by atoms with Gasteiger partial charge in [0.1, 0.15) is 0 Å². The van der Waals surface area contributed by atoms with Crippen LogP contribution in [0.2, 0.25) is 0 Å². The van der Waals surface area contributed by atoms with Gasteiger partial charge in [-0.1, -0.05) is 37.3 Å². The molecule has 0 aliphatic carbocycles. The Kier molecular flexibility index (Phi) is 3.79. The molecule has 1 heterocycles. The van der Waals surface area contributed by atoms with Crippen molar-refractivity contribution in [3.63, 3.8) is 0 Å². The smallest absolute Gasteiger partial charge is 0.223 e. The Labute approximate surface area is 102 Å². The molecule has 2 atom stereocenters. The van der Waals surface area contributed by atoms with E-state index in [1.54, 1.807) is 4.90 Å². The summed E-state index contributed by atoms with van der Waals surface area (Å²) in [6, 6.07) is 10.1. The minimum Gasteiger partial charge on any atom is -0.391 e. The van der Waals surface area contributed by atoms with E-state index in [2.05, 4.69) is 19.1 Å². The maximum Gasteiger partial charge on any atom is 0.223 e. The van der Waals surface area contributed by atoms with E-state index >= 15 is 0 Å². The summed E-state index contributed by atoms with van der Waals surface area (Å²) in [5.74, 6) is 0.388. The fourth-order valence-corrected chi connectivity index (χ4v) is 2.26. The van der Waals surface area contributed by atoms with Crippen LogP contribution in [0.1, 0.15) is 31.2 Å². The summed E-state index contributed by atoms with van der Waals surface area (Å²) in [6.07, 6.45) is 0.910. The lowest BCUT2D eigenvalue weighted by Gasteiger charge is -2.18. The van der Waals surface area contributed by atoms with Gasteiger partial charge in [0.25, 0.3) is 0 Å². The van der Waals surface area contributed by atoms with Crippen LogP contribution in [0.5, 0.6) is 0 Å². The zero-order valence-electron chi connectivity index (χ0n) is 10.2. The van der Waals surface area contributed by atoms with Crippen LogP contribution >= 0.6 is 0 Å². The van der Waals surface area contributed by atoms with Crippen molar-refractivity contribution in [3.8, 4) is 0 Å². The number of benzene rings is 1. The second-order valence-electron chi connectivity index (χ2n) is 4.80. The summed E-state index contributed by atoms with van der Waals surface area (Å²) < 4.78 is 0. The van der Waals surface area contributed by atoms with Crippen LogP contribution in [-0.2, 0) is 4.79 Å². The van der Waals surface area contributed by atoms with Gasteiger partial charge in [0.2, 0.25) is 5.91 Å². The third-order valence-electron chi connectivity index (χ3n) is 3.37. The van der Waals surface area contributed by atoms with Crippen molar-refractivity contribution in [3.05, 3.63) is 35.9 Å². The summed E-state index contributed by atoms with van der Waals surface area (Å²) in [6.45, 7) is 3.27. The summed E-state index contributed by atoms with van der Waals surface area (Å²) in [5, 5.41) is 9.41. The van der Waals surface area contributed by atoms with Crippen molar-refractivity contribution in [1.29, 1.82) is 0 Å². The zero-order chi connectivity index (χ0) is 12.3. The maximum absolute atomic E-state index is 12.0. The van der Waals surface area contributed by atoms with Crippen molar-refractivity contribution >= 4 is 5.91 Å². The Hall–Kier alpha value is -1.35. The van der Waals surface area contributed by atoms with Crippen LogP contribution in [0.4, 0.5) is 0 Å². The second-order valence-corrected chi connectivity index (χ2v) is 4.80. The molecule has 3 nitrogen and oxygen atoms in total. The number of aliphatic hydroxyl groups excluding tert-OH is 1. The fourth-order valence-electron chi connectivity index (χ4n) is 2.26. The average Bonchev–Trinajstić information content (AvgIpc) is 2.77. The Morgan fingerprint density at radius 3 is 2.76 bits per heavy atom. The number of hydrogen-bond acceptors (Lipinski definition) is 2. The monoisotopic (exact) mass is 233 g/mol. The first-order chi connectivity index (χ1) is 8.16. The molecule has 1 fully saturated rings. The minimum atomic E-state index is -0.328. The summed E-state index contributed by atoms with van der Waals surface area (Å²) >= 11 is 0. The highest BCUT2D eigenvalue weighted by molar-refractivity contribution is 5.77. The van der Waals surface area contributed by atoms with E-state index in [-0.39, 0.29) is 17.9 Å². The molecule has 1 aromatic carbocycles. The quantitative estimate of drug-likeness (QED) is 0.864. The van der Waals surface area contributed by atoms with E-state index in [1.807, 2.05) is 18.2 Å². The first-order valence-electron chi connectivity index (χ1n) is 6.17. The van der Waals surface area contributed by atoms with Gasteiger partial charge in [-0.2, -0.15) is 0 Å². The number of nitrogens with zero attached hydrogens (tertiary/aromatic N) is 1. The molecule has 1 amide bonds. The predicted octanol–water partition coefficient (Wildman–Crippen LogP) is 1.77. The summed E-state index contributed by atoms with van der Waals surface area (Å²) in [5.41, 5.74) is 1.19. The van der Waals surface area contributed by atoms with Crippen LogP contribution in [0.3, 0.4) is 0 Å². The standard InChI is InChI=1S/C14H19NO2/c1-11(12-5-3-2-4-6-12)9-14(17)15-8-7-13(16)10-15/h2-6,11,13,16H,7-10H2,1H3/t11-,13+/m1/s1. The van der Waals surface area contributed by atoms with Crippen LogP contribution in [-0.4, -0.2) is 35.1 Å². The molecule has 1 aliphatic rings.